The van der Waals surface area contributed by atoms with Crippen molar-refractivity contribution >= 4 is 5.91 Å². The average Bonchev–Trinajstić information content (AvgIpc) is 3.11. The van der Waals surface area contributed by atoms with Crippen LogP contribution in [0.1, 0.15) is 35.2 Å². The maximum atomic E-state index is 12.1. The Labute approximate surface area is 129 Å². The maximum Gasteiger partial charge on any atom is 0.224 e. The van der Waals surface area contributed by atoms with Crippen LogP contribution < -0.4 is 5.32 Å². The van der Waals surface area contributed by atoms with Gasteiger partial charge < -0.3 is 14.7 Å². The van der Waals surface area contributed by atoms with Gasteiger partial charge in [-0.3, -0.25) is 9.48 Å². The smallest absolute Gasteiger partial charge is 0.224 e. The fraction of sp³-hybridized carbons (Fsp3) is 0.533. The lowest BCUT2D eigenvalue weighted by Crippen LogP contribution is -2.35. The van der Waals surface area contributed by atoms with Crippen molar-refractivity contribution in [3.63, 3.8) is 0 Å². The molecule has 2 aromatic rings. The van der Waals surface area contributed by atoms with E-state index in [2.05, 4.69) is 15.6 Å². The van der Waals surface area contributed by atoms with Crippen molar-refractivity contribution < 1.29 is 9.32 Å². The zero-order chi connectivity index (χ0) is 15.9. The van der Waals surface area contributed by atoms with Gasteiger partial charge in [0.1, 0.15) is 5.76 Å². The predicted molar refractivity (Wildman–Crippen MR) is 79.9 cm³/mol. The highest BCUT2D eigenvalue weighted by molar-refractivity contribution is 5.80. The first-order chi connectivity index (χ1) is 10.5. The SMILES string of the molecule is Cc1cc(CN[C@@H]2CC(=O)N(C)[C@H]2c2cnn(C)c2C)no1. The summed E-state index contributed by atoms with van der Waals surface area (Å²) in [5.74, 6) is 0.929. The zero-order valence-corrected chi connectivity index (χ0v) is 13.3. The maximum absolute atomic E-state index is 12.1. The van der Waals surface area contributed by atoms with Crippen LogP contribution in [0.25, 0.3) is 0 Å². The van der Waals surface area contributed by atoms with Gasteiger partial charge in [-0.05, 0) is 13.8 Å². The van der Waals surface area contributed by atoms with E-state index in [1.54, 1.807) is 4.90 Å². The first-order valence-corrected chi connectivity index (χ1v) is 7.37. The number of rotatable bonds is 4. The van der Waals surface area contributed by atoms with Crippen molar-refractivity contribution in [2.45, 2.75) is 38.9 Å². The number of aromatic nitrogens is 3. The van der Waals surface area contributed by atoms with Gasteiger partial charge in [0, 0.05) is 50.4 Å². The Morgan fingerprint density at radius 1 is 1.41 bits per heavy atom. The molecule has 3 heterocycles. The van der Waals surface area contributed by atoms with Gasteiger partial charge in [-0.1, -0.05) is 5.16 Å². The van der Waals surface area contributed by atoms with Crippen molar-refractivity contribution in [2.24, 2.45) is 7.05 Å². The molecule has 0 radical (unpaired) electrons. The normalized spacial score (nSPS) is 21.8. The highest BCUT2D eigenvalue weighted by Crippen LogP contribution is 2.33. The van der Waals surface area contributed by atoms with Crippen LogP contribution in [0.15, 0.2) is 16.8 Å². The number of hydrogen-bond donors (Lipinski definition) is 1. The summed E-state index contributed by atoms with van der Waals surface area (Å²) in [5, 5.41) is 11.7. The third-order valence-electron chi connectivity index (χ3n) is 4.40. The van der Waals surface area contributed by atoms with Gasteiger partial charge in [0.05, 0.1) is 17.9 Å². The lowest BCUT2D eigenvalue weighted by atomic mass is 10.0. The Morgan fingerprint density at radius 2 is 2.18 bits per heavy atom. The molecule has 2 aromatic heterocycles. The van der Waals surface area contributed by atoms with Crippen molar-refractivity contribution in [1.82, 2.24) is 25.2 Å². The molecule has 0 aromatic carbocycles. The number of carbonyl (C=O) groups excluding carboxylic acids is 1. The molecule has 7 heteroatoms. The molecule has 1 aliphatic rings. The van der Waals surface area contributed by atoms with E-state index in [0.29, 0.717) is 13.0 Å². The van der Waals surface area contributed by atoms with Gasteiger partial charge in [-0.2, -0.15) is 5.10 Å². The summed E-state index contributed by atoms with van der Waals surface area (Å²) in [6.07, 6.45) is 2.33. The summed E-state index contributed by atoms with van der Waals surface area (Å²) in [5.41, 5.74) is 3.02. The number of likely N-dealkylation sites (N-methyl/N-ethyl adjacent to an activating group) is 1. The van der Waals surface area contributed by atoms with Crippen LogP contribution in [0.3, 0.4) is 0 Å². The van der Waals surface area contributed by atoms with E-state index in [0.717, 1.165) is 22.7 Å². The fourth-order valence-electron chi connectivity index (χ4n) is 3.02. The molecule has 2 atom stereocenters. The Balaban J connectivity index is 1.79. The zero-order valence-electron chi connectivity index (χ0n) is 13.3. The van der Waals surface area contributed by atoms with Crippen LogP contribution >= 0.6 is 0 Å². The molecular weight excluding hydrogens is 282 g/mol. The topological polar surface area (TPSA) is 76.2 Å². The Morgan fingerprint density at radius 3 is 2.77 bits per heavy atom. The van der Waals surface area contributed by atoms with Gasteiger partial charge >= 0.3 is 0 Å². The van der Waals surface area contributed by atoms with E-state index in [1.807, 2.05) is 44.9 Å². The average molecular weight is 303 g/mol. The van der Waals surface area contributed by atoms with Crippen LogP contribution in [0.5, 0.6) is 0 Å². The molecule has 7 nitrogen and oxygen atoms in total. The predicted octanol–water partition coefficient (Wildman–Crippen LogP) is 1.09. The van der Waals surface area contributed by atoms with Gasteiger partial charge in [0.2, 0.25) is 5.91 Å². The quantitative estimate of drug-likeness (QED) is 0.915. The molecule has 0 aliphatic carbocycles. The second-order valence-corrected chi connectivity index (χ2v) is 5.88. The van der Waals surface area contributed by atoms with Crippen LogP contribution in [-0.2, 0) is 18.4 Å². The molecule has 0 bridgehead atoms. The second kappa shape index (κ2) is 5.57. The van der Waals surface area contributed by atoms with E-state index < -0.39 is 0 Å². The standard InChI is InChI=1S/C15H21N5O2/c1-9-5-11(18-22-9)7-16-13-6-14(21)19(3)15(13)12-8-17-20(4)10(12)2/h5,8,13,15-16H,6-7H2,1-4H3/t13-,15+/m1/s1. The first-order valence-electron chi connectivity index (χ1n) is 7.37. The minimum Gasteiger partial charge on any atom is -0.361 e. The summed E-state index contributed by atoms with van der Waals surface area (Å²) in [6.45, 7) is 4.47. The molecule has 0 unspecified atom stereocenters. The monoisotopic (exact) mass is 303 g/mol. The minimum absolute atomic E-state index is 0.00537. The molecule has 1 N–H and O–H groups in total. The lowest BCUT2D eigenvalue weighted by molar-refractivity contribution is -0.127. The number of aryl methyl sites for hydroxylation is 2. The molecule has 22 heavy (non-hydrogen) atoms. The van der Waals surface area contributed by atoms with E-state index >= 15 is 0 Å². The van der Waals surface area contributed by atoms with Crippen molar-refractivity contribution in [2.75, 3.05) is 7.05 Å². The number of hydrogen-bond acceptors (Lipinski definition) is 5. The van der Waals surface area contributed by atoms with Crippen LogP contribution in [-0.4, -0.2) is 38.8 Å². The van der Waals surface area contributed by atoms with Gasteiger partial charge in [0.25, 0.3) is 0 Å². The van der Waals surface area contributed by atoms with Crippen LogP contribution in [0, 0.1) is 13.8 Å². The number of nitrogens with zero attached hydrogens (tertiary/aromatic N) is 4. The largest absolute Gasteiger partial charge is 0.361 e. The molecule has 0 saturated carbocycles. The molecule has 118 valence electrons. The van der Waals surface area contributed by atoms with Crippen molar-refractivity contribution in [3.05, 3.63) is 35.0 Å². The highest BCUT2D eigenvalue weighted by atomic mass is 16.5. The Hall–Kier alpha value is -2.15. The van der Waals surface area contributed by atoms with Crippen LogP contribution in [0.4, 0.5) is 0 Å². The van der Waals surface area contributed by atoms with Gasteiger partial charge in [-0.25, -0.2) is 0 Å². The van der Waals surface area contributed by atoms with E-state index in [4.69, 9.17) is 4.52 Å². The molecule has 3 rings (SSSR count). The fourth-order valence-corrected chi connectivity index (χ4v) is 3.02. The molecular formula is C15H21N5O2. The third kappa shape index (κ3) is 2.52. The lowest BCUT2D eigenvalue weighted by Gasteiger charge is -2.25. The minimum atomic E-state index is -0.00537. The van der Waals surface area contributed by atoms with E-state index in [-0.39, 0.29) is 18.0 Å². The first kappa shape index (κ1) is 14.8. The summed E-state index contributed by atoms with van der Waals surface area (Å²) in [4.78, 5) is 13.9. The Bertz CT molecular complexity index is 690. The molecule has 0 spiro atoms. The number of nitrogens with one attached hydrogen (secondary N) is 1. The second-order valence-electron chi connectivity index (χ2n) is 5.88. The summed E-state index contributed by atoms with van der Waals surface area (Å²) >= 11 is 0. The highest BCUT2D eigenvalue weighted by Gasteiger charge is 2.39. The molecule has 1 amide bonds. The Kier molecular flexibility index (Phi) is 3.74. The molecule has 1 aliphatic heterocycles. The van der Waals surface area contributed by atoms with Gasteiger partial charge in [0.15, 0.2) is 0 Å². The number of likely N-dealkylation sites (tertiary alicyclic amines) is 1. The number of amides is 1. The molecule has 1 fully saturated rings. The van der Waals surface area contributed by atoms with Gasteiger partial charge in [-0.15, -0.1) is 0 Å². The summed E-state index contributed by atoms with van der Waals surface area (Å²) < 4.78 is 6.91. The van der Waals surface area contributed by atoms with E-state index in [1.165, 1.54) is 0 Å². The van der Waals surface area contributed by atoms with Crippen LogP contribution in [0.2, 0.25) is 0 Å². The number of carbonyl (C=O) groups is 1. The molecule has 1 saturated heterocycles. The summed E-state index contributed by atoms with van der Waals surface area (Å²) in [7, 11) is 3.76. The van der Waals surface area contributed by atoms with E-state index in [9.17, 15) is 4.79 Å². The van der Waals surface area contributed by atoms with Crippen molar-refractivity contribution in [1.29, 1.82) is 0 Å². The van der Waals surface area contributed by atoms with Crippen molar-refractivity contribution in [3.8, 4) is 0 Å². The third-order valence-corrected chi connectivity index (χ3v) is 4.40. The summed E-state index contributed by atoms with van der Waals surface area (Å²) in [6, 6.07) is 1.93.